The van der Waals surface area contributed by atoms with Gasteiger partial charge in [-0.1, -0.05) is 24.3 Å². The zero-order valence-corrected chi connectivity index (χ0v) is 11.5. The summed E-state index contributed by atoms with van der Waals surface area (Å²) < 4.78 is 5.31. The smallest absolute Gasteiger partial charge is 0.221 e. The van der Waals surface area contributed by atoms with Crippen molar-refractivity contribution in [1.29, 1.82) is 0 Å². The van der Waals surface area contributed by atoms with Crippen LogP contribution in [0.25, 0.3) is 0 Å². The lowest BCUT2D eigenvalue weighted by Gasteiger charge is -2.06. The lowest BCUT2D eigenvalue weighted by atomic mass is 10.1. The van der Waals surface area contributed by atoms with Gasteiger partial charge >= 0.3 is 0 Å². The third-order valence-corrected chi connectivity index (χ3v) is 2.36. The molecular weight excluding hydrogens is 252 g/mol. The molecule has 0 fully saturated rings. The number of nitrogens with one attached hydrogen (secondary N) is 1. The number of hydrogen-bond acceptors (Lipinski definition) is 3. The maximum absolute atomic E-state index is 11.2. The SMILES string of the molecule is CCOCc1ccc(CNC(=O)CCN)cc1.Cl. The Morgan fingerprint density at radius 1 is 1.28 bits per heavy atom. The van der Waals surface area contributed by atoms with Crippen molar-refractivity contribution in [3.05, 3.63) is 35.4 Å². The Balaban J connectivity index is 0.00000289. The second kappa shape index (κ2) is 9.88. The van der Waals surface area contributed by atoms with E-state index in [4.69, 9.17) is 10.5 Å². The average Bonchev–Trinajstić information content (AvgIpc) is 2.35. The lowest BCUT2D eigenvalue weighted by molar-refractivity contribution is -0.121. The monoisotopic (exact) mass is 272 g/mol. The van der Waals surface area contributed by atoms with Gasteiger partial charge < -0.3 is 15.8 Å². The highest BCUT2D eigenvalue weighted by Crippen LogP contribution is 2.05. The van der Waals surface area contributed by atoms with E-state index in [0.717, 1.165) is 17.7 Å². The Morgan fingerprint density at radius 3 is 2.44 bits per heavy atom. The zero-order valence-electron chi connectivity index (χ0n) is 10.6. The molecule has 0 aromatic heterocycles. The van der Waals surface area contributed by atoms with Gasteiger partial charge in [-0.25, -0.2) is 0 Å². The summed E-state index contributed by atoms with van der Waals surface area (Å²) in [7, 11) is 0. The summed E-state index contributed by atoms with van der Waals surface area (Å²) in [4.78, 5) is 11.2. The molecule has 0 aliphatic heterocycles. The molecule has 5 heteroatoms. The van der Waals surface area contributed by atoms with Crippen LogP contribution in [0, 0.1) is 0 Å². The maximum atomic E-state index is 11.2. The van der Waals surface area contributed by atoms with Crippen LogP contribution in [0.5, 0.6) is 0 Å². The Labute approximate surface area is 114 Å². The minimum Gasteiger partial charge on any atom is -0.377 e. The largest absolute Gasteiger partial charge is 0.377 e. The molecule has 0 heterocycles. The second-order valence-electron chi connectivity index (χ2n) is 3.77. The molecule has 0 spiro atoms. The van der Waals surface area contributed by atoms with E-state index in [0.29, 0.717) is 26.1 Å². The number of ether oxygens (including phenoxy) is 1. The van der Waals surface area contributed by atoms with E-state index in [2.05, 4.69) is 5.32 Å². The minimum atomic E-state index is -0.00843. The molecule has 0 aliphatic carbocycles. The van der Waals surface area contributed by atoms with Crippen molar-refractivity contribution in [2.24, 2.45) is 5.73 Å². The Morgan fingerprint density at radius 2 is 1.89 bits per heavy atom. The molecule has 102 valence electrons. The van der Waals surface area contributed by atoms with Crippen molar-refractivity contribution in [2.45, 2.75) is 26.5 Å². The first kappa shape index (κ1) is 16.9. The molecule has 0 radical (unpaired) electrons. The Kier molecular flexibility index (Phi) is 9.28. The topological polar surface area (TPSA) is 64.3 Å². The second-order valence-corrected chi connectivity index (χ2v) is 3.77. The highest BCUT2D eigenvalue weighted by Gasteiger charge is 1.99. The molecular formula is C13H21ClN2O2. The Hall–Kier alpha value is -1.10. The van der Waals surface area contributed by atoms with Gasteiger partial charge in [-0.15, -0.1) is 12.4 Å². The van der Waals surface area contributed by atoms with E-state index in [9.17, 15) is 4.79 Å². The molecule has 18 heavy (non-hydrogen) atoms. The first-order valence-electron chi connectivity index (χ1n) is 5.88. The summed E-state index contributed by atoms with van der Waals surface area (Å²) >= 11 is 0. The fraction of sp³-hybridized carbons (Fsp3) is 0.462. The first-order chi connectivity index (χ1) is 8.26. The van der Waals surface area contributed by atoms with E-state index in [-0.39, 0.29) is 18.3 Å². The quantitative estimate of drug-likeness (QED) is 0.793. The predicted octanol–water partition coefficient (Wildman–Crippen LogP) is 1.61. The standard InChI is InChI=1S/C13H20N2O2.ClH/c1-2-17-10-12-5-3-11(4-6-12)9-15-13(16)7-8-14;/h3-6H,2,7-10,14H2,1H3,(H,15,16);1H. The zero-order chi connectivity index (χ0) is 12.5. The van der Waals surface area contributed by atoms with Gasteiger partial charge in [-0.2, -0.15) is 0 Å². The van der Waals surface area contributed by atoms with Crippen LogP contribution < -0.4 is 11.1 Å². The van der Waals surface area contributed by atoms with E-state index < -0.39 is 0 Å². The van der Waals surface area contributed by atoms with Crippen LogP contribution in [0.3, 0.4) is 0 Å². The molecule has 0 unspecified atom stereocenters. The normalized spacial score (nSPS) is 9.67. The van der Waals surface area contributed by atoms with Crippen molar-refractivity contribution in [3.63, 3.8) is 0 Å². The van der Waals surface area contributed by atoms with Crippen LogP contribution in [0.1, 0.15) is 24.5 Å². The molecule has 1 aromatic rings. The highest BCUT2D eigenvalue weighted by molar-refractivity contribution is 5.85. The molecule has 1 rings (SSSR count). The van der Waals surface area contributed by atoms with Crippen LogP contribution in [0.15, 0.2) is 24.3 Å². The van der Waals surface area contributed by atoms with E-state index >= 15 is 0 Å². The van der Waals surface area contributed by atoms with E-state index in [1.54, 1.807) is 0 Å². The molecule has 4 nitrogen and oxygen atoms in total. The predicted molar refractivity (Wildman–Crippen MR) is 74.5 cm³/mol. The lowest BCUT2D eigenvalue weighted by Crippen LogP contribution is -2.24. The van der Waals surface area contributed by atoms with E-state index in [1.165, 1.54) is 0 Å². The van der Waals surface area contributed by atoms with Gasteiger partial charge in [0.05, 0.1) is 6.61 Å². The average molecular weight is 273 g/mol. The molecule has 0 saturated carbocycles. The molecule has 3 N–H and O–H groups in total. The summed E-state index contributed by atoms with van der Waals surface area (Å²) in [6, 6.07) is 8.02. The van der Waals surface area contributed by atoms with Gasteiger partial charge in [-0.3, -0.25) is 4.79 Å². The van der Waals surface area contributed by atoms with Gasteiger partial charge in [0.15, 0.2) is 0 Å². The molecule has 0 aliphatic rings. The summed E-state index contributed by atoms with van der Waals surface area (Å²) in [6.07, 6.45) is 0.377. The molecule has 1 aromatic carbocycles. The van der Waals surface area contributed by atoms with E-state index in [1.807, 2.05) is 31.2 Å². The summed E-state index contributed by atoms with van der Waals surface area (Å²) in [5, 5.41) is 2.81. The van der Waals surface area contributed by atoms with Crippen LogP contribution in [0.2, 0.25) is 0 Å². The molecule has 0 bridgehead atoms. The molecule has 0 saturated heterocycles. The van der Waals surface area contributed by atoms with Crippen molar-refractivity contribution in [1.82, 2.24) is 5.32 Å². The van der Waals surface area contributed by atoms with Gasteiger partial charge in [-0.05, 0) is 18.1 Å². The van der Waals surface area contributed by atoms with Crippen molar-refractivity contribution >= 4 is 18.3 Å². The number of hydrogen-bond donors (Lipinski definition) is 2. The number of nitrogens with two attached hydrogens (primary N) is 1. The number of benzene rings is 1. The number of carbonyl (C=O) groups excluding carboxylic acids is 1. The number of amides is 1. The third-order valence-electron chi connectivity index (χ3n) is 2.36. The number of carbonyl (C=O) groups is 1. The van der Waals surface area contributed by atoms with Gasteiger partial charge in [0, 0.05) is 26.1 Å². The fourth-order valence-electron chi connectivity index (χ4n) is 1.39. The fourth-order valence-corrected chi connectivity index (χ4v) is 1.39. The van der Waals surface area contributed by atoms with Crippen molar-refractivity contribution < 1.29 is 9.53 Å². The van der Waals surface area contributed by atoms with Crippen molar-refractivity contribution in [3.8, 4) is 0 Å². The van der Waals surface area contributed by atoms with Crippen LogP contribution in [-0.4, -0.2) is 19.1 Å². The summed E-state index contributed by atoms with van der Waals surface area (Å²) in [6.45, 7) is 4.27. The molecule has 0 atom stereocenters. The number of rotatable bonds is 7. The Bertz CT molecular complexity index is 341. The molecule has 1 amide bonds. The number of halogens is 1. The highest BCUT2D eigenvalue weighted by atomic mass is 35.5. The third kappa shape index (κ3) is 6.59. The summed E-state index contributed by atoms with van der Waals surface area (Å²) in [5.41, 5.74) is 7.51. The van der Waals surface area contributed by atoms with Crippen LogP contribution in [-0.2, 0) is 22.7 Å². The minimum absolute atomic E-state index is 0. The van der Waals surface area contributed by atoms with Gasteiger partial charge in [0.1, 0.15) is 0 Å². The summed E-state index contributed by atoms with van der Waals surface area (Å²) in [5.74, 6) is -0.00843. The van der Waals surface area contributed by atoms with Gasteiger partial charge in [0.2, 0.25) is 5.91 Å². The van der Waals surface area contributed by atoms with Crippen LogP contribution >= 0.6 is 12.4 Å². The van der Waals surface area contributed by atoms with Crippen molar-refractivity contribution in [2.75, 3.05) is 13.2 Å². The maximum Gasteiger partial charge on any atom is 0.221 e. The van der Waals surface area contributed by atoms with Gasteiger partial charge in [0.25, 0.3) is 0 Å². The first-order valence-corrected chi connectivity index (χ1v) is 5.88. The van der Waals surface area contributed by atoms with Crippen LogP contribution in [0.4, 0.5) is 0 Å².